The standard InChI is InChI=1S/C23H23F2N3O4S/c1-32-23(31)14-9-18-19(33-22(28-18)13-7-5-12(11-29)6-8-13)10-17(14)27-21(30)16-4-2-3-15(26-16)20(24)25/h2-4,9-10,12-13,20,29H,5-8,11H2,1H3,(H,27,30). The van der Waals surface area contributed by atoms with Gasteiger partial charge < -0.3 is 15.2 Å². The van der Waals surface area contributed by atoms with Gasteiger partial charge in [-0.15, -0.1) is 11.3 Å². The lowest BCUT2D eigenvalue weighted by atomic mass is 9.83. The summed E-state index contributed by atoms with van der Waals surface area (Å²) in [4.78, 5) is 33.5. The summed E-state index contributed by atoms with van der Waals surface area (Å²) in [5.74, 6) is -0.750. The Morgan fingerprint density at radius 2 is 1.97 bits per heavy atom. The van der Waals surface area contributed by atoms with Gasteiger partial charge in [0.15, 0.2) is 0 Å². The minimum Gasteiger partial charge on any atom is -0.465 e. The van der Waals surface area contributed by atoms with Crippen LogP contribution in [0.5, 0.6) is 0 Å². The van der Waals surface area contributed by atoms with Crippen LogP contribution in [0, 0.1) is 5.92 Å². The molecule has 0 spiro atoms. The molecule has 10 heteroatoms. The monoisotopic (exact) mass is 475 g/mol. The summed E-state index contributed by atoms with van der Waals surface area (Å²) < 4.78 is 31.5. The van der Waals surface area contributed by atoms with Gasteiger partial charge in [0.05, 0.1) is 33.6 Å². The van der Waals surface area contributed by atoms with E-state index in [1.54, 1.807) is 12.1 Å². The second kappa shape index (κ2) is 9.88. The number of hydrogen-bond donors (Lipinski definition) is 2. The number of benzene rings is 1. The summed E-state index contributed by atoms with van der Waals surface area (Å²) in [5.41, 5.74) is 0.242. The SMILES string of the molecule is COC(=O)c1cc2nc(C3CCC(CO)CC3)sc2cc1NC(=O)c1cccc(C(F)F)n1. The number of nitrogens with zero attached hydrogens (tertiary/aromatic N) is 2. The molecule has 1 saturated carbocycles. The molecule has 1 aliphatic carbocycles. The molecule has 0 unspecified atom stereocenters. The van der Waals surface area contributed by atoms with Gasteiger partial charge in [0.25, 0.3) is 12.3 Å². The number of methoxy groups -OCH3 is 1. The molecule has 1 aromatic carbocycles. The molecule has 7 nitrogen and oxygen atoms in total. The fourth-order valence-electron chi connectivity index (χ4n) is 4.03. The number of pyridine rings is 1. The summed E-state index contributed by atoms with van der Waals surface area (Å²) in [7, 11) is 1.23. The molecule has 1 fully saturated rings. The number of alkyl halides is 2. The van der Waals surface area contributed by atoms with E-state index in [1.807, 2.05) is 0 Å². The first-order valence-corrected chi connectivity index (χ1v) is 11.4. The first-order valence-electron chi connectivity index (χ1n) is 10.6. The number of nitrogens with one attached hydrogen (secondary N) is 1. The van der Waals surface area contributed by atoms with Crippen molar-refractivity contribution in [3.63, 3.8) is 0 Å². The molecule has 2 N–H and O–H groups in total. The van der Waals surface area contributed by atoms with E-state index < -0.39 is 24.0 Å². The zero-order valence-corrected chi connectivity index (χ0v) is 18.7. The minimum atomic E-state index is -2.80. The van der Waals surface area contributed by atoms with Gasteiger partial charge >= 0.3 is 5.97 Å². The summed E-state index contributed by atoms with van der Waals surface area (Å²) in [6.07, 6.45) is 0.949. The average Bonchev–Trinajstić information content (AvgIpc) is 3.26. The number of rotatable bonds is 6. The van der Waals surface area contributed by atoms with Crippen LogP contribution in [0.15, 0.2) is 30.3 Å². The van der Waals surface area contributed by atoms with Gasteiger partial charge in [0.1, 0.15) is 11.4 Å². The van der Waals surface area contributed by atoms with Gasteiger partial charge in [-0.1, -0.05) is 6.07 Å². The summed E-state index contributed by atoms with van der Waals surface area (Å²) in [5, 5.41) is 12.9. The maximum Gasteiger partial charge on any atom is 0.340 e. The predicted octanol–water partition coefficient (Wildman–Crippen LogP) is 4.93. The number of hydrogen-bond acceptors (Lipinski definition) is 7. The van der Waals surface area contributed by atoms with Crippen molar-refractivity contribution in [1.29, 1.82) is 0 Å². The number of ether oxygens (including phenoxy) is 1. The summed E-state index contributed by atoms with van der Waals surface area (Å²) in [6.45, 7) is 0.202. The molecule has 0 saturated heterocycles. The van der Waals surface area contributed by atoms with Crippen LogP contribution >= 0.6 is 11.3 Å². The van der Waals surface area contributed by atoms with E-state index in [0.29, 0.717) is 11.4 Å². The fourth-order valence-corrected chi connectivity index (χ4v) is 5.18. The highest BCUT2D eigenvalue weighted by Gasteiger charge is 2.25. The van der Waals surface area contributed by atoms with Crippen LogP contribution in [0.4, 0.5) is 14.5 Å². The van der Waals surface area contributed by atoms with E-state index in [9.17, 15) is 23.5 Å². The first kappa shape index (κ1) is 23.2. The molecule has 0 aliphatic heterocycles. The highest BCUT2D eigenvalue weighted by molar-refractivity contribution is 7.18. The lowest BCUT2D eigenvalue weighted by Gasteiger charge is -2.25. The smallest absolute Gasteiger partial charge is 0.340 e. The highest BCUT2D eigenvalue weighted by Crippen LogP contribution is 2.40. The number of halogens is 2. The number of aliphatic hydroxyl groups is 1. The Morgan fingerprint density at radius 3 is 2.64 bits per heavy atom. The Kier molecular flexibility index (Phi) is 6.94. The van der Waals surface area contributed by atoms with Crippen LogP contribution in [0.1, 0.15) is 69.6 Å². The van der Waals surface area contributed by atoms with Gasteiger partial charge in [-0.2, -0.15) is 0 Å². The molecule has 33 heavy (non-hydrogen) atoms. The van der Waals surface area contributed by atoms with Gasteiger partial charge in [0.2, 0.25) is 0 Å². The number of amides is 1. The number of carbonyl (C=O) groups excluding carboxylic acids is 2. The van der Waals surface area contributed by atoms with Crippen molar-refractivity contribution < 1.29 is 28.2 Å². The molecule has 1 amide bonds. The zero-order chi connectivity index (χ0) is 23.5. The van der Waals surface area contributed by atoms with Crippen LogP contribution in [0.2, 0.25) is 0 Å². The van der Waals surface area contributed by atoms with E-state index in [0.717, 1.165) is 41.5 Å². The van der Waals surface area contributed by atoms with Gasteiger partial charge in [-0.05, 0) is 55.9 Å². The fraction of sp³-hybridized carbons (Fsp3) is 0.391. The third-order valence-corrected chi connectivity index (χ3v) is 7.06. The zero-order valence-electron chi connectivity index (χ0n) is 17.9. The number of anilines is 1. The first-order chi connectivity index (χ1) is 15.9. The molecular weight excluding hydrogens is 452 g/mol. The molecule has 2 aromatic heterocycles. The van der Waals surface area contributed by atoms with Crippen LogP contribution in [0.3, 0.4) is 0 Å². The van der Waals surface area contributed by atoms with Crippen LogP contribution in [-0.4, -0.2) is 40.7 Å². The van der Waals surface area contributed by atoms with Crippen molar-refractivity contribution in [3.8, 4) is 0 Å². The van der Waals surface area contributed by atoms with Crippen molar-refractivity contribution in [2.45, 2.75) is 38.0 Å². The average molecular weight is 476 g/mol. The topological polar surface area (TPSA) is 101 Å². The lowest BCUT2D eigenvalue weighted by molar-refractivity contribution is 0.0602. The molecule has 0 bridgehead atoms. The number of carbonyl (C=O) groups is 2. The van der Waals surface area contributed by atoms with Crippen molar-refractivity contribution >= 4 is 39.1 Å². The maximum atomic E-state index is 13.0. The molecule has 1 aliphatic rings. The lowest BCUT2D eigenvalue weighted by Crippen LogP contribution is -2.17. The Hall–Kier alpha value is -2.98. The van der Waals surface area contributed by atoms with E-state index in [1.165, 1.54) is 30.6 Å². The highest BCUT2D eigenvalue weighted by atomic mass is 32.1. The minimum absolute atomic E-state index is 0.115. The molecule has 174 valence electrons. The van der Waals surface area contributed by atoms with E-state index >= 15 is 0 Å². The van der Waals surface area contributed by atoms with E-state index in [2.05, 4.69) is 10.3 Å². The van der Waals surface area contributed by atoms with Crippen molar-refractivity contribution in [2.75, 3.05) is 19.0 Å². The number of esters is 1. The normalized spacial score (nSPS) is 18.5. The van der Waals surface area contributed by atoms with E-state index in [4.69, 9.17) is 9.72 Å². The second-order valence-electron chi connectivity index (χ2n) is 8.01. The van der Waals surface area contributed by atoms with Crippen molar-refractivity contribution in [3.05, 3.63) is 52.3 Å². The largest absolute Gasteiger partial charge is 0.465 e. The van der Waals surface area contributed by atoms with Crippen LogP contribution in [-0.2, 0) is 4.74 Å². The third-order valence-electron chi connectivity index (χ3n) is 5.88. The van der Waals surface area contributed by atoms with Gasteiger partial charge in [-0.25, -0.2) is 23.5 Å². The molecule has 0 atom stereocenters. The van der Waals surface area contributed by atoms with Gasteiger partial charge in [0, 0.05) is 12.5 Å². The molecule has 4 rings (SSSR count). The summed E-state index contributed by atoms with van der Waals surface area (Å²) in [6, 6.07) is 7.01. The van der Waals surface area contributed by atoms with Crippen molar-refractivity contribution in [1.82, 2.24) is 9.97 Å². The van der Waals surface area contributed by atoms with Crippen molar-refractivity contribution in [2.24, 2.45) is 5.92 Å². The Bertz CT molecular complexity index is 1180. The number of aliphatic hydroxyl groups excluding tert-OH is 1. The molecular formula is C23H23F2N3O4S. The van der Waals surface area contributed by atoms with Crippen LogP contribution < -0.4 is 5.32 Å². The van der Waals surface area contributed by atoms with Gasteiger partial charge in [-0.3, -0.25) is 4.79 Å². The molecule has 2 heterocycles. The quantitative estimate of drug-likeness (QED) is 0.490. The Morgan fingerprint density at radius 1 is 1.21 bits per heavy atom. The Balaban J connectivity index is 1.64. The number of thiazole rings is 1. The maximum absolute atomic E-state index is 13.0. The molecule has 3 aromatic rings. The number of fused-ring (bicyclic) bond motifs is 1. The molecule has 0 radical (unpaired) electrons. The predicted molar refractivity (Wildman–Crippen MR) is 120 cm³/mol. The second-order valence-corrected chi connectivity index (χ2v) is 9.07. The third kappa shape index (κ3) is 5.01. The van der Waals surface area contributed by atoms with E-state index in [-0.39, 0.29) is 29.5 Å². The number of aromatic nitrogens is 2. The summed E-state index contributed by atoms with van der Waals surface area (Å²) >= 11 is 1.49. The van der Waals surface area contributed by atoms with Crippen LogP contribution in [0.25, 0.3) is 10.2 Å². The Labute approximate surface area is 192 Å².